The molecule has 0 radical (unpaired) electrons. The Morgan fingerprint density at radius 3 is 2.58 bits per heavy atom. The van der Waals surface area contributed by atoms with Crippen LogP contribution in [0.3, 0.4) is 0 Å². The molecule has 1 aliphatic rings. The molecule has 1 atom stereocenters. The molecule has 2 N–H and O–H groups in total. The first-order chi connectivity index (χ1) is 12.1. The molecule has 1 unspecified atom stereocenters. The molecule has 0 aliphatic carbocycles. The van der Waals surface area contributed by atoms with E-state index in [1.165, 1.54) is 0 Å². The molecule has 1 aliphatic heterocycles. The highest BCUT2D eigenvalue weighted by molar-refractivity contribution is 6.31. The first kappa shape index (κ1) is 17.9. The SMILES string of the molecule is Cl.N#CC1=C(N)Oc2oc3cc(Cl)ccc3c(=O)c2C1c1ccccc1. The maximum absolute atomic E-state index is 13.1. The van der Waals surface area contributed by atoms with Crippen LogP contribution in [0.5, 0.6) is 5.95 Å². The van der Waals surface area contributed by atoms with E-state index in [0.717, 1.165) is 5.56 Å². The molecule has 26 heavy (non-hydrogen) atoms. The topological polar surface area (TPSA) is 89.2 Å². The molecule has 0 amide bonds. The van der Waals surface area contributed by atoms with Crippen LogP contribution in [0, 0.1) is 11.3 Å². The molecule has 3 aromatic rings. The number of benzene rings is 2. The van der Waals surface area contributed by atoms with E-state index in [1.54, 1.807) is 18.2 Å². The molecule has 0 saturated carbocycles. The molecular weight excluding hydrogens is 375 g/mol. The lowest BCUT2D eigenvalue weighted by Gasteiger charge is -2.24. The lowest BCUT2D eigenvalue weighted by atomic mass is 9.84. The highest BCUT2D eigenvalue weighted by Gasteiger charge is 2.35. The molecule has 0 saturated heterocycles. The normalized spacial score (nSPS) is 15.6. The minimum atomic E-state index is -0.647. The molecule has 0 spiro atoms. The zero-order valence-corrected chi connectivity index (χ0v) is 14.8. The molecule has 4 rings (SSSR count). The third-order valence-corrected chi connectivity index (χ3v) is 4.39. The zero-order chi connectivity index (χ0) is 17.6. The van der Waals surface area contributed by atoms with Crippen molar-refractivity contribution in [2.45, 2.75) is 5.92 Å². The first-order valence-electron chi connectivity index (χ1n) is 7.49. The minimum absolute atomic E-state index is 0. The van der Waals surface area contributed by atoms with E-state index in [0.29, 0.717) is 16.0 Å². The number of nitrogens with two attached hydrogens (primary N) is 1. The Morgan fingerprint density at radius 1 is 1.15 bits per heavy atom. The van der Waals surface area contributed by atoms with Gasteiger partial charge in [-0.1, -0.05) is 41.9 Å². The fraction of sp³-hybridized carbons (Fsp3) is 0.0526. The third-order valence-electron chi connectivity index (χ3n) is 4.15. The van der Waals surface area contributed by atoms with Gasteiger partial charge in [0.1, 0.15) is 17.2 Å². The molecule has 1 aromatic heterocycles. The first-order valence-corrected chi connectivity index (χ1v) is 7.86. The number of ether oxygens (including phenoxy) is 1. The van der Waals surface area contributed by atoms with E-state index in [-0.39, 0.29) is 40.8 Å². The summed E-state index contributed by atoms with van der Waals surface area (Å²) in [7, 11) is 0. The molecule has 5 nitrogen and oxygen atoms in total. The van der Waals surface area contributed by atoms with E-state index < -0.39 is 5.92 Å². The van der Waals surface area contributed by atoms with Crippen LogP contribution in [0.2, 0.25) is 5.02 Å². The number of nitriles is 1. The van der Waals surface area contributed by atoms with E-state index in [9.17, 15) is 10.1 Å². The number of hydrogen-bond acceptors (Lipinski definition) is 5. The van der Waals surface area contributed by atoms with Crippen molar-refractivity contribution < 1.29 is 9.15 Å². The van der Waals surface area contributed by atoms with Gasteiger partial charge in [-0.05, 0) is 17.7 Å². The molecule has 0 bridgehead atoms. The van der Waals surface area contributed by atoms with Gasteiger partial charge in [0.25, 0.3) is 5.95 Å². The fourth-order valence-corrected chi connectivity index (χ4v) is 3.19. The molecule has 130 valence electrons. The van der Waals surface area contributed by atoms with Crippen molar-refractivity contribution >= 4 is 35.0 Å². The summed E-state index contributed by atoms with van der Waals surface area (Å²) >= 11 is 5.97. The van der Waals surface area contributed by atoms with Gasteiger partial charge in [-0.3, -0.25) is 4.79 Å². The molecule has 7 heteroatoms. The molecular formula is C19H12Cl2N2O3. The van der Waals surface area contributed by atoms with Gasteiger partial charge in [-0.2, -0.15) is 5.26 Å². The van der Waals surface area contributed by atoms with Crippen LogP contribution in [0.1, 0.15) is 17.0 Å². The summed E-state index contributed by atoms with van der Waals surface area (Å²) in [5.74, 6) is -0.732. The number of fused-ring (bicyclic) bond motifs is 2. The van der Waals surface area contributed by atoms with Crippen LogP contribution in [-0.2, 0) is 0 Å². The van der Waals surface area contributed by atoms with Crippen molar-refractivity contribution in [1.29, 1.82) is 5.26 Å². The van der Waals surface area contributed by atoms with Crippen LogP contribution in [0.15, 0.2) is 69.2 Å². The quantitative estimate of drug-likeness (QED) is 0.680. The monoisotopic (exact) mass is 386 g/mol. The van der Waals surface area contributed by atoms with Crippen LogP contribution in [0.25, 0.3) is 11.0 Å². The second kappa shape index (κ2) is 6.75. The van der Waals surface area contributed by atoms with Crippen molar-refractivity contribution in [1.82, 2.24) is 0 Å². The van der Waals surface area contributed by atoms with Crippen LogP contribution < -0.4 is 15.9 Å². The van der Waals surface area contributed by atoms with E-state index >= 15 is 0 Å². The highest BCUT2D eigenvalue weighted by Crippen LogP contribution is 2.41. The molecule has 2 aromatic carbocycles. The smallest absolute Gasteiger partial charge is 0.300 e. The van der Waals surface area contributed by atoms with Crippen molar-refractivity contribution in [2.75, 3.05) is 0 Å². The number of hydrogen-bond donors (Lipinski definition) is 1. The average Bonchev–Trinajstić information content (AvgIpc) is 2.61. The van der Waals surface area contributed by atoms with Crippen molar-refractivity contribution in [3.63, 3.8) is 0 Å². The van der Waals surface area contributed by atoms with Gasteiger partial charge in [0.05, 0.1) is 16.9 Å². The lowest BCUT2D eigenvalue weighted by Crippen LogP contribution is -2.26. The van der Waals surface area contributed by atoms with Crippen molar-refractivity contribution in [3.8, 4) is 12.0 Å². The standard InChI is InChI=1S/C19H11ClN2O3.ClH/c20-11-6-7-12-14(8-11)24-19-16(17(12)23)15(10-4-2-1-3-5-10)13(9-21)18(22)25-19;/h1-8,15H,22H2;1H. The maximum Gasteiger partial charge on any atom is 0.300 e. The number of nitrogens with zero attached hydrogens (tertiary/aromatic N) is 1. The number of halogens is 2. The average molecular weight is 387 g/mol. The molecule has 0 fully saturated rings. The maximum atomic E-state index is 13.1. The van der Waals surface area contributed by atoms with E-state index in [2.05, 4.69) is 6.07 Å². The zero-order valence-electron chi connectivity index (χ0n) is 13.2. The number of allylic oxidation sites excluding steroid dienone is 1. The third kappa shape index (κ3) is 2.70. The van der Waals surface area contributed by atoms with Crippen molar-refractivity contribution in [3.05, 3.63) is 86.4 Å². The van der Waals surface area contributed by atoms with Crippen molar-refractivity contribution in [2.24, 2.45) is 5.73 Å². The summed E-state index contributed by atoms with van der Waals surface area (Å²) < 4.78 is 11.2. The highest BCUT2D eigenvalue weighted by atomic mass is 35.5. The lowest BCUT2D eigenvalue weighted by molar-refractivity contribution is 0.296. The second-order valence-electron chi connectivity index (χ2n) is 5.61. The predicted molar refractivity (Wildman–Crippen MR) is 100 cm³/mol. The number of rotatable bonds is 1. The van der Waals surface area contributed by atoms with E-state index in [1.807, 2.05) is 30.3 Å². The fourth-order valence-electron chi connectivity index (χ4n) is 3.03. The summed E-state index contributed by atoms with van der Waals surface area (Å²) in [6.07, 6.45) is 0. The Balaban J connectivity index is 0.00000196. The van der Waals surface area contributed by atoms with E-state index in [4.69, 9.17) is 26.5 Å². The Kier molecular flexibility index (Phi) is 4.64. The summed E-state index contributed by atoms with van der Waals surface area (Å²) in [4.78, 5) is 13.1. The van der Waals surface area contributed by atoms with Crippen LogP contribution in [-0.4, -0.2) is 0 Å². The Labute approximate surface area is 159 Å². The van der Waals surface area contributed by atoms with Gasteiger partial charge in [-0.15, -0.1) is 12.4 Å². The largest absolute Gasteiger partial charge is 0.425 e. The Bertz CT molecular complexity index is 1130. The Morgan fingerprint density at radius 2 is 1.88 bits per heavy atom. The van der Waals surface area contributed by atoms with Gasteiger partial charge in [-0.25, -0.2) is 0 Å². The van der Waals surface area contributed by atoms with Gasteiger partial charge in [0.2, 0.25) is 11.3 Å². The Hall–Kier alpha value is -2.94. The summed E-state index contributed by atoms with van der Waals surface area (Å²) in [6, 6.07) is 16.0. The minimum Gasteiger partial charge on any atom is -0.425 e. The summed E-state index contributed by atoms with van der Waals surface area (Å²) in [6.45, 7) is 0. The van der Waals surface area contributed by atoms with Gasteiger partial charge in [0, 0.05) is 11.1 Å². The molecule has 2 heterocycles. The van der Waals surface area contributed by atoms with Gasteiger partial charge >= 0.3 is 0 Å². The predicted octanol–water partition coefficient (Wildman–Crippen LogP) is 4.09. The van der Waals surface area contributed by atoms with Crippen LogP contribution in [0.4, 0.5) is 0 Å². The van der Waals surface area contributed by atoms with Gasteiger partial charge < -0.3 is 14.9 Å². The van der Waals surface area contributed by atoms with Gasteiger partial charge in [0.15, 0.2) is 0 Å². The summed E-state index contributed by atoms with van der Waals surface area (Å²) in [5, 5.41) is 10.3. The second-order valence-corrected chi connectivity index (χ2v) is 6.04. The van der Waals surface area contributed by atoms with Crippen LogP contribution >= 0.6 is 24.0 Å². The summed E-state index contributed by atoms with van der Waals surface area (Å²) in [5.41, 5.74) is 7.12.